The van der Waals surface area contributed by atoms with Crippen LogP contribution in [0.4, 0.5) is 5.69 Å². The van der Waals surface area contributed by atoms with Gasteiger partial charge in [0.15, 0.2) is 0 Å². The summed E-state index contributed by atoms with van der Waals surface area (Å²) in [5.74, 6) is 1.07. The van der Waals surface area contributed by atoms with E-state index in [0.717, 1.165) is 22.4 Å². The van der Waals surface area contributed by atoms with Gasteiger partial charge in [0.1, 0.15) is 18.6 Å². The van der Waals surface area contributed by atoms with E-state index >= 15 is 0 Å². The first kappa shape index (κ1) is 15.9. The molecule has 0 aliphatic carbocycles. The summed E-state index contributed by atoms with van der Waals surface area (Å²) >= 11 is 0. The molecule has 2 aromatic carbocycles. The fraction of sp³-hybridized carbons (Fsp3) is 0.0476. The predicted molar refractivity (Wildman–Crippen MR) is 101 cm³/mol. The molecule has 0 spiro atoms. The van der Waals surface area contributed by atoms with Crippen LogP contribution in [0, 0.1) is 0 Å². The molecule has 0 fully saturated rings. The van der Waals surface area contributed by atoms with E-state index in [1.807, 2.05) is 48.5 Å². The first-order valence-corrected chi connectivity index (χ1v) is 8.16. The molecular weight excluding hydrogens is 328 g/mol. The Kier molecular flexibility index (Phi) is 4.11. The van der Waals surface area contributed by atoms with E-state index in [0.29, 0.717) is 23.8 Å². The second-order valence-corrected chi connectivity index (χ2v) is 5.75. The molecule has 0 bridgehead atoms. The van der Waals surface area contributed by atoms with Gasteiger partial charge in [0.2, 0.25) is 5.89 Å². The van der Waals surface area contributed by atoms with Gasteiger partial charge in [0, 0.05) is 28.0 Å². The molecule has 2 heterocycles. The highest BCUT2D eigenvalue weighted by molar-refractivity contribution is 6.35. The Hall–Kier alpha value is -3.60. The number of hydrogen-bond donors (Lipinski definition) is 1. The molecule has 0 saturated heterocycles. The van der Waals surface area contributed by atoms with Crippen LogP contribution in [0.2, 0.25) is 0 Å². The number of carbonyl (C=O) groups is 1. The molecule has 5 nitrogen and oxygen atoms in total. The van der Waals surface area contributed by atoms with Crippen molar-refractivity contribution in [3.8, 4) is 17.2 Å². The van der Waals surface area contributed by atoms with Gasteiger partial charge in [-0.05, 0) is 24.3 Å². The highest BCUT2D eigenvalue weighted by Gasteiger charge is 2.25. The lowest BCUT2D eigenvalue weighted by atomic mass is 10.0. The van der Waals surface area contributed by atoms with Crippen LogP contribution < -0.4 is 10.1 Å². The highest BCUT2D eigenvalue weighted by atomic mass is 16.5. The molecular formula is C21H16N2O3. The number of amides is 1. The van der Waals surface area contributed by atoms with Crippen molar-refractivity contribution in [1.82, 2.24) is 4.98 Å². The molecule has 0 atom stereocenters. The number of oxazole rings is 1. The molecule has 26 heavy (non-hydrogen) atoms. The minimum absolute atomic E-state index is 0.150. The van der Waals surface area contributed by atoms with Crippen molar-refractivity contribution < 1.29 is 13.9 Å². The van der Waals surface area contributed by atoms with Crippen LogP contribution in [0.1, 0.15) is 11.1 Å². The number of benzene rings is 2. The molecule has 1 N–H and O–H groups in total. The molecule has 0 radical (unpaired) electrons. The van der Waals surface area contributed by atoms with Crippen molar-refractivity contribution in [2.45, 2.75) is 0 Å². The van der Waals surface area contributed by atoms with Crippen molar-refractivity contribution in [2.75, 3.05) is 11.9 Å². The molecule has 1 aliphatic rings. The lowest BCUT2D eigenvalue weighted by Crippen LogP contribution is -2.04. The Morgan fingerprint density at radius 3 is 2.92 bits per heavy atom. The maximum atomic E-state index is 12.5. The molecule has 0 unspecified atom stereocenters. The van der Waals surface area contributed by atoms with Crippen LogP contribution in [0.3, 0.4) is 0 Å². The highest BCUT2D eigenvalue weighted by Crippen LogP contribution is 2.37. The maximum Gasteiger partial charge on any atom is 0.256 e. The molecule has 1 aliphatic heterocycles. The van der Waals surface area contributed by atoms with E-state index in [4.69, 9.17) is 9.15 Å². The SMILES string of the molecule is C=CCOc1ccccc1C=C1C(=O)Nc2cc(-c3ncco3)ccc21. The quantitative estimate of drug-likeness (QED) is 0.550. The fourth-order valence-corrected chi connectivity index (χ4v) is 2.87. The minimum atomic E-state index is -0.150. The van der Waals surface area contributed by atoms with Gasteiger partial charge in [-0.25, -0.2) is 4.98 Å². The number of nitrogens with one attached hydrogen (secondary N) is 1. The van der Waals surface area contributed by atoms with Crippen molar-refractivity contribution in [1.29, 1.82) is 0 Å². The lowest BCUT2D eigenvalue weighted by Gasteiger charge is -2.07. The second kappa shape index (κ2) is 6.72. The smallest absolute Gasteiger partial charge is 0.256 e. The zero-order valence-corrected chi connectivity index (χ0v) is 13.9. The van der Waals surface area contributed by atoms with E-state index in [-0.39, 0.29) is 5.91 Å². The zero-order valence-electron chi connectivity index (χ0n) is 13.9. The van der Waals surface area contributed by atoms with Gasteiger partial charge in [-0.15, -0.1) is 0 Å². The topological polar surface area (TPSA) is 64.4 Å². The lowest BCUT2D eigenvalue weighted by molar-refractivity contribution is -0.110. The van der Waals surface area contributed by atoms with Crippen LogP contribution >= 0.6 is 0 Å². The third kappa shape index (κ3) is 2.91. The molecule has 0 saturated carbocycles. The second-order valence-electron chi connectivity index (χ2n) is 5.75. The van der Waals surface area contributed by atoms with Crippen molar-refractivity contribution in [3.63, 3.8) is 0 Å². The largest absolute Gasteiger partial charge is 0.489 e. The van der Waals surface area contributed by atoms with E-state index in [1.54, 1.807) is 12.3 Å². The molecule has 5 heteroatoms. The number of carbonyl (C=O) groups excluding carboxylic acids is 1. The summed E-state index contributed by atoms with van der Waals surface area (Å²) < 4.78 is 11.0. The summed E-state index contributed by atoms with van der Waals surface area (Å²) in [6, 6.07) is 13.2. The van der Waals surface area contributed by atoms with E-state index in [9.17, 15) is 4.79 Å². The van der Waals surface area contributed by atoms with Gasteiger partial charge < -0.3 is 14.5 Å². The summed E-state index contributed by atoms with van der Waals surface area (Å²) in [5, 5.41) is 2.90. The Morgan fingerprint density at radius 2 is 2.12 bits per heavy atom. The van der Waals surface area contributed by atoms with Crippen LogP contribution in [0.15, 0.2) is 72.0 Å². The number of para-hydroxylation sites is 1. The zero-order chi connectivity index (χ0) is 17.9. The van der Waals surface area contributed by atoms with Gasteiger partial charge in [-0.2, -0.15) is 0 Å². The summed E-state index contributed by atoms with van der Waals surface area (Å²) in [5.41, 5.74) is 3.81. The number of fused-ring (bicyclic) bond motifs is 1. The predicted octanol–water partition coefficient (Wildman–Crippen LogP) is 4.40. The fourth-order valence-electron chi connectivity index (χ4n) is 2.87. The van der Waals surface area contributed by atoms with Gasteiger partial charge in [-0.3, -0.25) is 4.79 Å². The number of nitrogens with zero attached hydrogens (tertiary/aromatic N) is 1. The van der Waals surface area contributed by atoms with Crippen molar-refractivity contribution in [3.05, 3.63) is 78.7 Å². The Balaban J connectivity index is 1.73. The van der Waals surface area contributed by atoms with Crippen LogP contribution in [0.25, 0.3) is 23.1 Å². The number of ether oxygens (including phenoxy) is 1. The Labute approximate surface area is 150 Å². The first-order valence-electron chi connectivity index (χ1n) is 8.16. The summed E-state index contributed by atoms with van der Waals surface area (Å²) in [6.45, 7) is 4.07. The van der Waals surface area contributed by atoms with Gasteiger partial charge in [-0.1, -0.05) is 36.9 Å². The number of anilines is 1. The number of rotatable bonds is 5. The van der Waals surface area contributed by atoms with Crippen molar-refractivity contribution in [2.24, 2.45) is 0 Å². The van der Waals surface area contributed by atoms with E-state index in [1.165, 1.54) is 6.26 Å². The Bertz CT molecular complexity index is 1000. The average Bonchev–Trinajstić information content (AvgIpc) is 3.29. The summed E-state index contributed by atoms with van der Waals surface area (Å²) in [4.78, 5) is 16.6. The van der Waals surface area contributed by atoms with Crippen LogP contribution in [-0.2, 0) is 4.79 Å². The third-order valence-corrected chi connectivity index (χ3v) is 4.06. The van der Waals surface area contributed by atoms with E-state index < -0.39 is 0 Å². The molecule has 1 aromatic heterocycles. The summed E-state index contributed by atoms with van der Waals surface area (Å²) in [7, 11) is 0. The third-order valence-electron chi connectivity index (χ3n) is 4.06. The minimum Gasteiger partial charge on any atom is -0.489 e. The van der Waals surface area contributed by atoms with Crippen molar-refractivity contribution >= 4 is 23.2 Å². The van der Waals surface area contributed by atoms with Crippen LogP contribution in [0.5, 0.6) is 5.75 Å². The Morgan fingerprint density at radius 1 is 1.23 bits per heavy atom. The molecule has 128 valence electrons. The normalized spacial score (nSPS) is 14.2. The van der Waals surface area contributed by atoms with Gasteiger partial charge >= 0.3 is 0 Å². The monoisotopic (exact) mass is 344 g/mol. The standard InChI is InChI=1S/C21H16N2O3/c1-2-10-25-19-6-4-3-5-14(19)12-17-16-8-7-15(21-22-9-11-26-21)13-18(16)23-20(17)24/h2-9,11-13H,1,10H2,(H,23,24). The summed E-state index contributed by atoms with van der Waals surface area (Å²) in [6.07, 6.45) is 6.63. The molecule has 1 amide bonds. The average molecular weight is 344 g/mol. The van der Waals surface area contributed by atoms with E-state index in [2.05, 4.69) is 16.9 Å². The van der Waals surface area contributed by atoms with Gasteiger partial charge in [0.05, 0.1) is 6.20 Å². The molecule has 4 rings (SSSR count). The van der Waals surface area contributed by atoms with Gasteiger partial charge in [0.25, 0.3) is 5.91 Å². The maximum absolute atomic E-state index is 12.5. The molecule has 3 aromatic rings. The number of hydrogen-bond acceptors (Lipinski definition) is 4. The number of aromatic nitrogens is 1. The van der Waals surface area contributed by atoms with Crippen LogP contribution in [-0.4, -0.2) is 17.5 Å². The first-order chi connectivity index (χ1) is 12.8.